The van der Waals surface area contributed by atoms with Gasteiger partial charge in [0.2, 0.25) is 0 Å². The monoisotopic (exact) mass is 309 g/mol. The summed E-state index contributed by atoms with van der Waals surface area (Å²) in [6.07, 6.45) is 0.546. The van der Waals surface area contributed by atoms with Crippen molar-refractivity contribution < 1.29 is 15.0 Å². The molecule has 4 nitrogen and oxygen atoms in total. The third kappa shape index (κ3) is 2.23. The van der Waals surface area contributed by atoms with E-state index in [9.17, 15) is 9.90 Å². The lowest BCUT2D eigenvalue weighted by Crippen LogP contribution is -2.19. The van der Waals surface area contributed by atoms with Crippen LogP contribution in [-0.2, 0) is 4.79 Å². The van der Waals surface area contributed by atoms with Crippen molar-refractivity contribution in [3.63, 3.8) is 0 Å². The van der Waals surface area contributed by atoms with E-state index in [1.165, 1.54) is 6.92 Å². The maximum absolute atomic E-state index is 10.9. The second kappa shape index (κ2) is 5.04. The molecule has 0 amide bonds. The first-order chi connectivity index (χ1) is 8.52. The fourth-order valence-corrected chi connectivity index (χ4v) is 2.25. The van der Waals surface area contributed by atoms with Gasteiger partial charge in [-0.1, -0.05) is 28.1 Å². The van der Waals surface area contributed by atoms with E-state index in [2.05, 4.69) is 20.9 Å². The third-order valence-electron chi connectivity index (χ3n) is 2.93. The molecule has 1 aromatic heterocycles. The molecule has 0 aliphatic carbocycles. The molecule has 0 spiro atoms. The van der Waals surface area contributed by atoms with Gasteiger partial charge in [0, 0.05) is 21.6 Å². The van der Waals surface area contributed by atoms with Crippen LogP contribution in [0.3, 0.4) is 0 Å². The van der Waals surface area contributed by atoms with Gasteiger partial charge in [-0.2, -0.15) is 0 Å². The van der Waals surface area contributed by atoms with Crippen LogP contribution in [0.5, 0.6) is 0 Å². The van der Waals surface area contributed by atoms with Crippen LogP contribution < -0.4 is 0 Å². The summed E-state index contributed by atoms with van der Waals surface area (Å²) in [6, 6.07) is 7.15. The summed E-state index contributed by atoms with van der Waals surface area (Å²) in [7, 11) is 0. The van der Waals surface area contributed by atoms with Gasteiger partial charge in [-0.15, -0.1) is 0 Å². The number of aliphatic hydroxyl groups excluding tert-OH is 1. The average molecular weight is 310 g/mol. The van der Waals surface area contributed by atoms with Crippen molar-refractivity contribution in [2.24, 2.45) is 5.92 Å². The SMILES string of the molecule is CC(C(=O)O)C(O)c1ccc(Br)c2cccnc12. The number of rotatable bonds is 3. The van der Waals surface area contributed by atoms with Crippen LogP contribution in [0.2, 0.25) is 0 Å². The molecule has 0 fully saturated rings. The lowest BCUT2D eigenvalue weighted by Gasteiger charge is -2.17. The van der Waals surface area contributed by atoms with Crippen molar-refractivity contribution in [1.29, 1.82) is 0 Å². The fraction of sp³-hybridized carbons (Fsp3) is 0.231. The number of hydrogen-bond donors (Lipinski definition) is 2. The van der Waals surface area contributed by atoms with Crippen LogP contribution in [0.15, 0.2) is 34.9 Å². The molecule has 2 N–H and O–H groups in total. The molecule has 0 bridgehead atoms. The molecule has 0 aliphatic rings. The number of carboxylic acid groups (broad SMARTS) is 1. The number of nitrogens with zero attached hydrogens (tertiary/aromatic N) is 1. The number of benzene rings is 1. The van der Waals surface area contributed by atoms with E-state index in [1.54, 1.807) is 24.4 Å². The molecule has 2 unspecified atom stereocenters. The van der Waals surface area contributed by atoms with Gasteiger partial charge in [0.15, 0.2) is 0 Å². The number of carbonyl (C=O) groups is 1. The largest absolute Gasteiger partial charge is 0.481 e. The number of carboxylic acids is 1. The van der Waals surface area contributed by atoms with E-state index in [0.29, 0.717) is 11.1 Å². The Labute approximate surface area is 112 Å². The number of fused-ring (bicyclic) bond motifs is 1. The summed E-state index contributed by atoms with van der Waals surface area (Å²) in [5, 5.41) is 19.9. The number of aliphatic hydroxyl groups is 1. The van der Waals surface area contributed by atoms with Crippen molar-refractivity contribution >= 4 is 32.8 Å². The Morgan fingerprint density at radius 2 is 2.11 bits per heavy atom. The molecule has 0 saturated heterocycles. The number of hydrogen-bond acceptors (Lipinski definition) is 3. The van der Waals surface area contributed by atoms with Crippen molar-refractivity contribution in [2.75, 3.05) is 0 Å². The molecule has 2 rings (SSSR count). The summed E-state index contributed by atoms with van der Waals surface area (Å²) >= 11 is 3.41. The predicted molar refractivity (Wildman–Crippen MR) is 71.2 cm³/mol. The lowest BCUT2D eigenvalue weighted by molar-refractivity contribution is -0.144. The zero-order valence-corrected chi connectivity index (χ0v) is 11.3. The molecule has 2 aromatic rings. The van der Waals surface area contributed by atoms with E-state index < -0.39 is 18.0 Å². The molecule has 0 radical (unpaired) electrons. The normalized spacial score (nSPS) is 14.4. The highest BCUT2D eigenvalue weighted by molar-refractivity contribution is 9.10. The van der Waals surface area contributed by atoms with Crippen molar-refractivity contribution in [3.05, 3.63) is 40.5 Å². The Kier molecular flexibility index (Phi) is 3.63. The highest BCUT2D eigenvalue weighted by Crippen LogP contribution is 2.31. The van der Waals surface area contributed by atoms with Crippen LogP contribution in [0.4, 0.5) is 0 Å². The summed E-state index contributed by atoms with van der Waals surface area (Å²) in [6.45, 7) is 1.48. The Bertz CT molecular complexity index is 600. The average Bonchev–Trinajstić information content (AvgIpc) is 2.38. The lowest BCUT2D eigenvalue weighted by atomic mass is 9.95. The highest BCUT2D eigenvalue weighted by atomic mass is 79.9. The van der Waals surface area contributed by atoms with Crippen LogP contribution in [0.25, 0.3) is 10.9 Å². The maximum atomic E-state index is 10.9. The standard InChI is InChI=1S/C13H12BrNO3/c1-7(13(17)18)12(16)9-4-5-10(14)8-3-2-6-15-11(8)9/h2-7,12,16H,1H3,(H,17,18). The van der Waals surface area contributed by atoms with E-state index >= 15 is 0 Å². The fourth-order valence-electron chi connectivity index (χ4n) is 1.80. The number of halogens is 1. The van der Waals surface area contributed by atoms with Crippen LogP contribution in [0.1, 0.15) is 18.6 Å². The quantitative estimate of drug-likeness (QED) is 0.914. The summed E-state index contributed by atoms with van der Waals surface area (Å²) < 4.78 is 0.865. The predicted octanol–water partition coefficient (Wildman–Crippen LogP) is 2.75. The van der Waals surface area contributed by atoms with Crippen molar-refractivity contribution in [3.8, 4) is 0 Å². The van der Waals surface area contributed by atoms with Gasteiger partial charge in [0.05, 0.1) is 17.5 Å². The van der Waals surface area contributed by atoms with Crippen molar-refractivity contribution in [1.82, 2.24) is 4.98 Å². The first-order valence-electron chi connectivity index (χ1n) is 5.46. The van der Waals surface area contributed by atoms with Gasteiger partial charge in [0.1, 0.15) is 0 Å². The van der Waals surface area contributed by atoms with E-state index in [1.807, 2.05) is 6.07 Å². The minimum atomic E-state index is -1.08. The summed E-state index contributed by atoms with van der Waals surface area (Å²) in [4.78, 5) is 15.1. The zero-order valence-electron chi connectivity index (χ0n) is 9.67. The van der Waals surface area contributed by atoms with Gasteiger partial charge in [-0.05, 0) is 19.1 Å². The van der Waals surface area contributed by atoms with Gasteiger partial charge >= 0.3 is 5.97 Å². The molecular formula is C13H12BrNO3. The molecule has 1 aromatic carbocycles. The molecule has 94 valence electrons. The molecular weight excluding hydrogens is 298 g/mol. The van der Waals surface area contributed by atoms with Crippen LogP contribution in [0, 0.1) is 5.92 Å². The minimum absolute atomic E-state index is 0.531. The Balaban J connectivity index is 2.58. The van der Waals surface area contributed by atoms with Crippen LogP contribution >= 0.6 is 15.9 Å². The van der Waals surface area contributed by atoms with Gasteiger partial charge in [-0.25, -0.2) is 0 Å². The molecule has 18 heavy (non-hydrogen) atoms. The molecule has 0 saturated carbocycles. The first-order valence-corrected chi connectivity index (χ1v) is 6.25. The smallest absolute Gasteiger partial charge is 0.309 e. The topological polar surface area (TPSA) is 70.4 Å². The number of aliphatic carboxylic acids is 1. The van der Waals surface area contributed by atoms with Gasteiger partial charge in [-0.3, -0.25) is 9.78 Å². The molecule has 5 heteroatoms. The molecule has 0 aliphatic heterocycles. The molecule has 1 heterocycles. The minimum Gasteiger partial charge on any atom is -0.481 e. The first kappa shape index (κ1) is 13.0. The second-order valence-corrected chi connectivity index (χ2v) is 4.96. The molecule has 2 atom stereocenters. The number of pyridine rings is 1. The Hall–Kier alpha value is -1.46. The van der Waals surface area contributed by atoms with E-state index in [-0.39, 0.29) is 0 Å². The second-order valence-electron chi connectivity index (χ2n) is 4.11. The Morgan fingerprint density at radius 3 is 2.78 bits per heavy atom. The van der Waals surface area contributed by atoms with E-state index in [4.69, 9.17) is 5.11 Å². The number of aromatic nitrogens is 1. The summed E-state index contributed by atoms with van der Waals surface area (Å²) in [5.74, 6) is -1.91. The van der Waals surface area contributed by atoms with E-state index in [0.717, 1.165) is 9.86 Å². The third-order valence-corrected chi connectivity index (χ3v) is 3.62. The summed E-state index contributed by atoms with van der Waals surface area (Å²) in [5.41, 5.74) is 1.15. The van der Waals surface area contributed by atoms with Gasteiger partial charge < -0.3 is 10.2 Å². The van der Waals surface area contributed by atoms with Crippen LogP contribution in [-0.4, -0.2) is 21.2 Å². The highest BCUT2D eigenvalue weighted by Gasteiger charge is 2.25. The Morgan fingerprint density at radius 1 is 1.39 bits per heavy atom. The zero-order chi connectivity index (χ0) is 13.3. The maximum Gasteiger partial charge on any atom is 0.309 e. The van der Waals surface area contributed by atoms with Gasteiger partial charge in [0.25, 0.3) is 0 Å². The van der Waals surface area contributed by atoms with Crippen molar-refractivity contribution in [2.45, 2.75) is 13.0 Å².